The van der Waals surface area contributed by atoms with Crippen molar-refractivity contribution >= 4 is 23.5 Å². The van der Waals surface area contributed by atoms with E-state index in [1.54, 1.807) is 12.4 Å². The zero-order chi connectivity index (χ0) is 21.3. The van der Waals surface area contributed by atoms with E-state index in [2.05, 4.69) is 37.3 Å². The largest absolute Gasteiger partial charge is 0.357 e. The molecule has 0 atom stereocenters. The van der Waals surface area contributed by atoms with Gasteiger partial charge >= 0.3 is 0 Å². The van der Waals surface area contributed by atoms with Crippen molar-refractivity contribution in [3.05, 3.63) is 48.3 Å². The summed E-state index contributed by atoms with van der Waals surface area (Å²) in [5.41, 5.74) is 1.91. The molecule has 2 heterocycles. The fourth-order valence-corrected chi connectivity index (χ4v) is 3.14. The van der Waals surface area contributed by atoms with Gasteiger partial charge in [0.1, 0.15) is 0 Å². The molecule has 8 heteroatoms. The molecule has 1 aromatic heterocycles. The predicted molar refractivity (Wildman–Crippen MR) is 121 cm³/mol. The smallest absolute Gasteiger partial charge is 0.226 e. The van der Waals surface area contributed by atoms with Crippen LogP contribution in [0.4, 0.5) is 11.6 Å². The summed E-state index contributed by atoms with van der Waals surface area (Å²) in [6.45, 7) is 10.7. The van der Waals surface area contributed by atoms with Crippen molar-refractivity contribution in [1.82, 2.24) is 20.2 Å². The Morgan fingerprint density at radius 1 is 1.10 bits per heavy atom. The number of nitrogens with zero attached hydrogens (tertiary/aromatic N) is 5. The molecule has 1 amide bonds. The fraction of sp³-hybridized carbons (Fsp3) is 0.455. The highest BCUT2D eigenvalue weighted by atomic mass is 16.1. The van der Waals surface area contributed by atoms with Crippen molar-refractivity contribution in [3.8, 4) is 0 Å². The number of aliphatic imine (C=N–C) groups is 1. The molecule has 1 aromatic carbocycles. The summed E-state index contributed by atoms with van der Waals surface area (Å²) in [5, 5.41) is 6.31. The Balaban J connectivity index is 1.57. The second-order valence-corrected chi connectivity index (χ2v) is 7.53. The van der Waals surface area contributed by atoms with Crippen LogP contribution in [0.5, 0.6) is 0 Å². The predicted octanol–water partition coefficient (Wildman–Crippen LogP) is 2.36. The van der Waals surface area contributed by atoms with E-state index in [0.717, 1.165) is 55.9 Å². The summed E-state index contributed by atoms with van der Waals surface area (Å²) < 4.78 is 0. The lowest BCUT2D eigenvalue weighted by Crippen LogP contribution is -2.52. The van der Waals surface area contributed by atoms with E-state index in [-0.39, 0.29) is 11.8 Å². The lowest BCUT2D eigenvalue weighted by molar-refractivity contribution is -0.118. The Kier molecular flexibility index (Phi) is 7.59. The van der Waals surface area contributed by atoms with Gasteiger partial charge in [-0.25, -0.2) is 15.0 Å². The van der Waals surface area contributed by atoms with Gasteiger partial charge in [-0.2, -0.15) is 0 Å². The van der Waals surface area contributed by atoms with Crippen LogP contribution >= 0.6 is 0 Å². The van der Waals surface area contributed by atoms with Crippen LogP contribution in [0.2, 0.25) is 0 Å². The number of guanidine groups is 1. The Bertz CT molecular complexity index is 828. The van der Waals surface area contributed by atoms with Crippen LogP contribution in [-0.2, 0) is 11.3 Å². The average Bonchev–Trinajstić information content (AvgIpc) is 2.78. The van der Waals surface area contributed by atoms with Crippen molar-refractivity contribution in [1.29, 1.82) is 0 Å². The highest BCUT2D eigenvalue weighted by molar-refractivity contribution is 5.92. The van der Waals surface area contributed by atoms with Crippen molar-refractivity contribution in [3.63, 3.8) is 0 Å². The molecule has 0 spiro atoms. The van der Waals surface area contributed by atoms with E-state index in [0.29, 0.717) is 6.54 Å². The summed E-state index contributed by atoms with van der Waals surface area (Å²) in [4.78, 5) is 29.8. The number of carbonyl (C=O) groups is 1. The van der Waals surface area contributed by atoms with Gasteiger partial charge < -0.3 is 20.4 Å². The molecular formula is C22H31N7O. The number of piperazine rings is 1. The normalized spacial score (nSPS) is 14.7. The van der Waals surface area contributed by atoms with E-state index in [1.807, 2.05) is 44.2 Å². The molecule has 1 aliphatic rings. The molecule has 0 saturated carbocycles. The van der Waals surface area contributed by atoms with Gasteiger partial charge in [0.25, 0.3) is 0 Å². The zero-order valence-electron chi connectivity index (χ0n) is 18.0. The van der Waals surface area contributed by atoms with E-state index in [4.69, 9.17) is 4.99 Å². The highest BCUT2D eigenvalue weighted by Crippen LogP contribution is 2.13. The van der Waals surface area contributed by atoms with Gasteiger partial charge in [-0.3, -0.25) is 4.79 Å². The molecule has 1 aliphatic heterocycles. The standard InChI is InChI=1S/C22H31N7O/c1-4-23-21(28-12-14-29(15-13-28)22-24-10-5-11-25-22)26-16-18-6-8-19(9-7-18)27-20(30)17(2)3/h5-11,17H,4,12-16H2,1-3H3,(H,23,26)(H,27,30). The maximum absolute atomic E-state index is 11.8. The van der Waals surface area contributed by atoms with Gasteiger partial charge in [-0.05, 0) is 30.7 Å². The molecular weight excluding hydrogens is 378 g/mol. The minimum Gasteiger partial charge on any atom is -0.357 e. The number of carbonyl (C=O) groups excluding carboxylic acids is 1. The fourth-order valence-electron chi connectivity index (χ4n) is 3.14. The van der Waals surface area contributed by atoms with Crippen molar-refractivity contribution in [2.75, 3.05) is 42.9 Å². The number of hydrogen-bond donors (Lipinski definition) is 2. The Hall–Kier alpha value is -3.16. The van der Waals surface area contributed by atoms with Gasteiger partial charge in [0.15, 0.2) is 5.96 Å². The third-order valence-corrected chi connectivity index (χ3v) is 4.91. The van der Waals surface area contributed by atoms with Gasteiger partial charge in [0, 0.05) is 56.7 Å². The average molecular weight is 410 g/mol. The first-order chi connectivity index (χ1) is 14.6. The van der Waals surface area contributed by atoms with Crippen molar-refractivity contribution in [2.24, 2.45) is 10.9 Å². The van der Waals surface area contributed by atoms with E-state index < -0.39 is 0 Å². The molecule has 0 bridgehead atoms. The maximum Gasteiger partial charge on any atom is 0.226 e. The van der Waals surface area contributed by atoms with Gasteiger partial charge in [0.2, 0.25) is 11.9 Å². The molecule has 0 unspecified atom stereocenters. The number of benzene rings is 1. The monoisotopic (exact) mass is 409 g/mol. The molecule has 2 N–H and O–H groups in total. The first-order valence-corrected chi connectivity index (χ1v) is 10.5. The molecule has 0 radical (unpaired) electrons. The minimum absolute atomic E-state index is 0.0234. The van der Waals surface area contributed by atoms with Gasteiger partial charge in [-0.1, -0.05) is 26.0 Å². The van der Waals surface area contributed by atoms with Crippen LogP contribution in [0.15, 0.2) is 47.7 Å². The third-order valence-electron chi connectivity index (χ3n) is 4.91. The van der Waals surface area contributed by atoms with E-state index >= 15 is 0 Å². The SMILES string of the molecule is CCNC(=NCc1ccc(NC(=O)C(C)C)cc1)N1CCN(c2ncccn2)CC1. The van der Waals surface area contributed by atoms with E-state index in [1.165, 1.54) is 0 Å². The van der Waals surface area contributed by atoms with Crippen LogP contribution in [0.1, 0.15) is 26.3 Å². The zero-order valence-corrected chi connectivity index (χ0v) is 18.0. The van der Waals surface area contributed by atoms with E-state index in [9.17, 15) is 4.79 Å². The molecule has 30 heavy (non-hydrogen) atoms. The minimum atomic E-state index is -0.0362. The molecule has 1 fully saturated rings. The molecule has 8 nitrogen and oxygen atoms in total. The first-order valence-electron chi connectivity index (χ1n) is 10.5. The number of nitrogens with one attached hydrogen (secondary N) is 2. The number of hydrogen-bond acceptors (Lipinski definition) is 5. The van der Waals surface area contributed by atoms with Crippen LogP contribution < -0.4 is 15.5 Å². The maximum atomic E-state index is 11.8. The van der Waals surface area contributed by atoms with Crippen LogP contribution in [0.3, 0.4) is 0 Å². The number of aromatic nitrogens is 2. The Labute approximate surface area is 178 Å². The van der Waals surface area contributed by atoms with Crippen LogP contribution in [0, 0.1) is 5.92 Å². The van der Waals surface area contributed by atoms with Crippen molar-refractivity contribution < 1.29 is 4.79 Å². The second kappa shape index (κ2) is 10.6. The summed E-state index contributed by atoms with van der Waals surface area (Å²) >= 11 is 0. The summed E-state index contributed by atoms with van der Waals surface area (Å²) in [6.07, 6.45) is 3.56. The first kappa shape index (κ1) is 21.5. The van der Waals surface area contributed by atoms with Gasteiger partial charge in [0.05, 0.1) is 6.54 Å². The second-order valence-electron chi connectivity index (χ2n) is 7.53. The summed E-state index contributed by atoms with van der Waals surface area (Å²) in [7, 11) is 0. The van der Waals surface area contributed by atoms with Crippen LogP contribution in [-0.4, -0.2) is 59.5 Å². The molecule has 160 valence electrons. The lowest BCUT2D eigenvalue weighted by atomic mass is 10.1. The lowest BCUT2D eigenvalue weighted by Gasteiger charge is -2.36. The quantitative estimate of drug-likeness (QED) is 0.563. The topological polar surface area (TPSA) is 85.8 Å². The Morgan fingerprint density at radius 3 is 2.37 bits per heavy atom. The molecule has 2 aromatic rings. The molecule has 3 rings (SSSR count). The molecule has 0 aliphatic carbocycles. The highest BCUT2D eigenvalue weighted by Gasteiger charge is 2.21. The summed E-state index contributed by atoms with van der Waals surface area (Å²) in [5.74, 6) is 1.69. The Morgan fingerprint density at radius 2 is 1.77 bits per heavy atom. The van der Waals surface area contributed by atoms with Crippen LogP contribution in [0.25, 0.3) is 0 Å². The number of rotatable bonds is 6. The summed E-state index contributed by atoms with van der Waals surface area (Å²) in [6, 6.07) is 9.70. The third kappa shape index (κ3) is 5.92. The van der Waals surface area contributed by atoms with Gasteiger partial charge in [-0.15, -0.1) is 0 Å². The molecule has 1 saturated heterocycles. The van der Waals surface area contributed by atoms with Crippen molar-refractivity contribution in [2.45, 2.75) is 27.3 Å². The number of amides is 1. The number of anilines is 2.